The first kappa shape index (κ1) is 21.4. The number of anilines is 1. The summed E-state index contributed by atoms with van der Waals surface area (Å²) in [7, 11) is -3.55. The van der Waals surface area contributed by atoms with Gasteiger partial charge in [-0.05, 0) is 56.5 Å². The van der Waals surface area contributed by atoms with Gasteiger partial charge < -0.3 is 14.2 Å². The Hall–Kier alpha value is -2.42. The van der Waals surface area contributed by atoms with Gasteiger partial charge in [0.15, 0.2) is 0 Å². The monoisotopic (exact) mass is 454 g/mol. The first-order valence-electron chi connectivity index (χ1n) is 11.4. The van der Waals surface area contributed by atoms with Crippen LogP contribution in [0.2, 0.25) is 0 Å². The molecule has 8 heteroatoms. The number of aromatic nitrogens is 2. The van der Waals surface area contributed by atoms with Gasteiger partial charge in [-0.15, -0.1) is 0 Å². The van der Waals surface area contributed by atoms with E-state index in [4.69, 9.17) is 9.72 Å². The van der Waals surface area contributed by atoms with Crippen LogP contribution >= 0.6 is 0 Å². The zero-order valence-corrected chi connectivity index (χ0v) is 19.5. The van der Waals surface area contributed by atoms with Gasteiger partial charge in [0.05, 0.1) is 35.7 Å². The maximum Gasteiger partial charge on any atom is 0.243 e. The van der Waals surface area contributed by atoms with Crippen LogP contribution in [0.15, 0.2) is 47.4 Å². The Morgan fingerprint density at radius 1 is 1.12 bits per heavy atom. The quantitative estimate of drug-likeness (QED) is 0.591. The predicted octanol–water partition coefficient (Wildman–Crippen LogP) is 3.42. The van der Waals surface area contributed by atoms with Crippen LogP contribution in [0, 0.1) is 0 Å². The Morgan fingerprint density at radius 2 is 1.91 bits per heavy atom. The smallest absolute Gasteiger partial charge is 0.243 e. The van der Waals surface area contributed by atoms with E-state index in [0.717, 1.165) is 36.2 Å². The van der Waals surface area contributed by atoms with Crippen molar-refractivity contribution in [1.82, 2.24) is 13.9 Å². The third-order valence-corrected chi connectivity index (χ3v) is 8.59. The summed E-state index contributed by atoms with van der Waals surface area (Å²) in [5.74, 6) is 0.965. The minimum absolute atomic E-state index is 0.302. The van der Waals surface area contributed by atoms with Crippen molar-refractivity contribution in [2.45, 2.75) is 50.7 Å². The number of benzene rings is 2. The van der Waals surface area contributed by atoms with Gasteiger partial charge in [-0.2, -0.15) is 4.31 Å². The lowest BCUT2D eigenvalue weighted by atomic mass is 9.96. The van der Waals surface area contributed by atoms with E-state index in [1.165, 1.54) is 15.6 Å². The molecule has 0 aliphatic carbocycles. The van der Waals surface area contributed by atoms with E-state index in [1.807, 2.05) is 6.07 Å². The Kier molecular flexibility index (Phi) is 5.69. The van der Waals surface area contributed by atoms with Gasteiger partial charge in [0.2, 0.25) is 10.0 Å². The Balaban J connectivity index is 1.51. The van der Waals surface area contributed by atoms with Crippen molar-refractivity contribution in [3.05, 3.63) is 53.9 Å². The highest BCUT2D eigenvalue weighted by molar-refractivity contribution is 7.89. The van der Waals surface area contributed by atoms with Crippen molar-refractivity contribution in [1.29, 1.82) is 0 Å². The maximum absolute atomic E-state index is 13.1. The molecule has 7 nitrogen and oxygen atoms in total. The minimum atomic E-state index is -3.55. The van der Waals surface area contributed by atoms with Crippen LogP contribution in [-0.2, 0) is 34.3 Å². The lowest BCUT2D eigenvalue weighted by molar-refractivity contribution is 0.0730. The van der Waals surface area contributed by atoms with Gasteiger partial charge in [0, 0.05) is 31.4 Å². The number of hydrogen-bond donors (Lipinski definition) is 0. The van der Waals surface area contributed by atoms with Crippen LogP contribution in [0.5, 0.6) is 0 Å². The second kappa shape index (κ2) is 8.50. The van der Waals surface area contributed by atoms with Crippen LogP contribution < -0.4 is 4.90 Å². The molecule has 32 heavy (non-hydrogen) atoms. The molecule has 3 aromatic rings. The lowest BCUT2D eigenvalue weighted by Crippen LogP contribution is -2.40. The average molecular weight is 455 g/mol. The summed E-state index contributed by atoms with van der Waals surface area (Å²) in [6.45, 7) is 7.51. The van der Waals surface area contributed by atoms with Crippen LogP contribution in [-0.4, -0.2) is 54.6 Å². The van der Waals surface area contributed by atoms with Crippen LogP contribution in [0.3, 0.4) is 0 Å². The van der Waals surface area contributed by atoms with Crippen LogP contribution in [0.25, 0.3) is 11.0 Å². The number of ether oxygens (including phenoxy) is 1. The molecule has 5 rings (SSSR count). The number of fused-ring (bicyclic) bond motifs is 2. The standard InChI is InChI=1S/C24H30N4O3S/c1-3-27-23-11-10-20(32(29,30)26-12-14-31-15-13-26)16-21(23)25-24(27)17-28-18(2)8-9-19-6-4-5-7-22(19)28/h4-7,10-11,16,18H,3,8-9,12-15,17H2,1-2H3. The first-order chi connectivity index (χ1) is 15.5. The molecule has 170 valence electrons. The molecule has 0 N–H and O–H groups in total. The van der Waals surface area contributed by atoms with Crippen molar-refractivity contribution in [2.75, 3.05) is 31.2 Å². The minimum Gasteiger partial charge on any atom is -0.379 e. The van der Waals surface area contributed by atoms with Crippen molar-refractivity contribution in [3.8, 4) is 0 Å². The summed E-state index contributed by atoms with van der Waals surface area (Å²) in [5.41, 5.74) is 4.36. The van der Waals surface area contributed by atoms with E-state index < -0.39 is 10.0 Å². The Morgan fingerprint density at radius 3 is 2.69 bits per heavy atom. The molecular formula is C24H30N4O3S. The third-order valence-electron chi connectivity index (χ3n) is 6.70. The molecule has 1 saturated heterocycles. The van der Waals surface area contributed by atoms with Crippen molar-refractivity contribution in [2.24, 2.45) is 0 Å². The summed E-state index contributed by atoms with van der Waals surface area (Å²) < 4.78 is 35.2. The average Bonchev–Trinajstić information content (AvgIpc) is 3.17. The highest BCUT2D eigenvalue weighted by Gasteiger charge is 2.28. The number of sulfonamides is 1. The summed E-state index contributed by atoms with van der Waals surface area (Å²) in [6.07, 6.45) is 2.21. The number of rotatable bonds is 5. The Bertz CT molecular complexity index is 1230. The topological polar surface area (TPSA) is 67.7 Å². The summed E-state index contributed by atoms with van der Waals surface area (Å²) in [6, 6.07) is 14.4. The fourth-order valence-electron chi connectivity index (χ4n) is 4.88. The molecule has 0 spiro atoms. The Labute approximate surface area is 189 Å². The predicted molar refractivity (Wildman–Crippen MR) is 125 cm³/mol. The van der Waals surface area contributed by atoms with Gasteiger partial charge in [-0.25, -0.2) is 13.4 Å². The number of aryl methyl sites for hydroxylation is 2. The van der Waals surface area contributed by atoms with E-state index in [0.29, 0.717) is 43.8 Å². The van der Waals surface area contributed by atoms with Gasteiger partial charge in [-0.1, -0.05) is 18.2 Å². The van der Waals surface area contributed by atoms with E-state index >= 15 is 0 Å². The highest BCUT2D eigenvalue weighted by atomic mass is 32.2. The SMILES string of the molecule is CCn1c(CN2c3ccccc3CCC2C)nc2cc(S(=O)(=O)N3CCOCC3)ccc21. The normalized spacial score (nSPS) is 19.9. The van der Waals surface area contributed by atoms with Gasteiger partial charge in [0.1, 0.15) is 5.82 Å². The molecule has 2 aromatic carbocycles. The van der Waals surface area contributed by atoms with Crippen LogP contribution in [0.1, 0.15) is 31.7 Å². The van der Waals surface area contributed by atoms with Gasteiger partial charge in [-0.3, -0.25) is 0 Å². The fourth-order valence-corrected chi connectivity index (χ4v) is 6.31. The van der Waals surface area contributed by atoms with E-state index in [-0.39, 0.29) is 0 Å². The molecule has 0 amide bonds. The molecule has 3 heterocycles. The second-order valence-corrected chi connectivity index (χ2v) is 10.5. The van der Waals surface area contributed by atoms with Gasteiger partial charge >= 0.3 is 0 Å². The van der Waals surface area contributed by atoms with Gasteiger partial charge in [0.25, 0.3) is 0 Å². The summed E-state index contributed by atoms with van der Waals surface area (Å²) in [4.78, 5) is 7.65. The zero-order valence-electron chi connectivity index (χ0n) is 18.7. The zero-order chi connectivity index (χ0) is 22.3. The largest absolute Gasteiger partial charge is 0.379 e. The number of hydrogen-bond acceptors (Lipinski definition) is 5. The van der Waals surface area contributed by atoms with Crippen molar-refractivity contribution < 1.29 is 13.2 Å². The van der Waals surface area contributed by atoms with Crippen molar-refractivity contribution in [3.63, 3.8) is 0 Å². The molecular weight excluding hydrogens is 424 g/mol. The molecule has 2 aliphatic rings. The number of morpholine rings is 1. The molecule has 1 atom stereocenters. The van der Waals surface area contributed by atoms with Crippen LogP contribution in [0.4, 0.5) is 5.69 Å². The second-order valence-electron chi connectivity index (χ2n) is 8.58. The number of imidazole rings is 1. The van der Waals surface area contributed by atoms with E-state index in [9.17, 15) is 8.42 Å². The first-order valence-corrected chi connectivity index (χ1v) is 12.8. The summed E-state index contributed by atoms with van der Waals surface area (Å²) >= 11 is 0. The molecule has 0 saturated carbocycles. The third kappa shape index (κ3) is 3.70. The number of para-hydroxylation sites is 1. The lowest BCUT2D eigenvalue weighted by Gasteiger charge is -2.37. The van der Waals surface area contributed by atoms with E-state index in [1.54, 1.807) is 12.1 Å². The highest BCUT2D eigenvalue weighted by Crippen LogP contribution is 2.32. The molecule has 1 fully saturated rings. The van der Waals surface area contributed by atoms with Crippen molar-refractivity contribution >= 4 is 26.7 Å². The molecule has 0 bridgehead atoms. The fraction of sp³-hybridized carbons (Fsp3) is 0.458. The molecule has 1 aromatic heterocycles. The molecule has 0 radical (unpaired) electrons. The maximum atomic E-state index is 13.1. The molecule has 1 unspecified atom stereocenters. The van der Waals surface area contributed by atoms with E-state index in [2.05, 4.69) is 47.6 Å². The molecule has 2 aliphatic heterocycles. The number of nitrogens with zero attached hydrogens (tertiary/aromatic N) is 4. The summed E-state index contributed by atoms with van der Waals surface area (Å²) in [5, 5.41) is 0.